The highest BCUT2D eigenvalue weighted by Crippen LogP contribution is 2.40. The first-order valence-electron chi connectivity index (χ1n) is 5.29. The Morgan fingerprint density at radius 3 is 1.71 bits per heavy atom. The fourth-order valence-corrected chi connectivity index (χ4v) is 3.70. The molecule has 2 aliphatic carbocycles. The third-order valence-electron chi connectivity index (χ3n) is 3.50. The topological polar surface area (TPSA) is 0 Å². The maximum atomic E-state index is 14.0. The summed E-state index contributed by atoms with van der Waals surface area (Å²) < 4.78 is 15.3. The van der Waals surface area contributed by atoms with Crippen LogP contribution in [0.2, 0.25) is 0 Å². The Balaban J connectivity index is 2.33. The molecule has 0 unspecified atom stereocenters. The summed E-state index contributed by atoms with van der Waals surface area (Å²) >= 11 is 3.65. The predicted octanol–water partition coefficient (Wildman–Crippen LogP) is 3.57. The van der Waals surface area contributed by atoms with Crippen molar-refractivity contribution in [2.24, 2.45) is 0 Å². The lowest BCUT2D eigenvalue weighted by molar-refractivity contribution is 0.598. The molecular formula is C12H12BrF. The van der Waals surface area contributed by atoms with Gasteiger partial charge in [0, 0.05) is 4.47 Å². The Hall–Kier alpha value is -0.370. The minimum absolute atomic E-state index is 0.119. The van der Waals surface area contributed by atoms with Gasteiger partial charge in [-0.15, -0.1) is 0 Å². The number of hydrogen-bond donors (Lipinski definition) is 0. The van der Waals surface area contributed by atoms with E-state index in [0.29, 0.717) is 0 Å². The molecule has 0 saturated heterocycles. The maximum absolute atomic E-state index is 14.0. The van der Waals surface area contributed by atoms with Crippen LogP contribution in [-0.2, 0) is 25.7 Å². The van der Waals surface area contributed by atoms with Gasteiger partial charge in [-0.1, -0.05) is 15.9 Å². The van der Waals surface area contributed by atoms with Crippen LogP contribution in [0.5, 0.6) is 0 Å². The number of fused-ring (bicyclic) bond motifs is 2. The lowest BCUT2D eigenvalue weighted by Gasteiger charge is -2.11. The zero-order chi connectivity index (χ0) is 9.71. The standard InChI is InChI=1S/C12H12BrF/c13-11-7-3-1-5-9(7)12(14)10-6-2-4-8(10)11/h1-6H2. The van der Waals surface area contributed by atoms with Gasteiger partial charge in [0.15, 0.2) is 0 Å². The first-order valence-corrected chi connectivity index (χ1v) is 6.09. The quantitative estimate of drug-likeness (QED) is 0.664. The van der Waals surface area contributed by atoms with Crippen molar-refractivity contribution in [1.82, 2.24) is 0 Å². The minimum atomic E-state index is 0.119. The van der Waals surface area contributed by atoms with Crippen molar-refractivity contribution in [3.8, 4) is 0 Å². The van der Waals surface area contributed by atoms with Crippen molar-refractivity contribution in [2.75, 3.05) is 0 Å². The van der Waals surface area contributed by atoms with E-state index in [1.807, 2.05) is 0 Å². The summed E-state index contributed by atoms with van der Waals surface area (Å²) in [6.07, 6.45) is 6.22. The SMILES string of the molecule is Fc1c2c(c(Br)c3c1CCC3)CCC2. The fourth-order valence-electron chi connectivity index (χ4n) is 2.82. The van der Waals surface area contributed by atoms with Gasteiger partial charge in [0.1, 0.15) is 5.82 Å². The largest absolute Gasteiger partial charge is 0.206 e. The summed E-state index contributed by atoms with van der Waals surface area (Å²) in [6.45, 7) is 0. The molecule has 0 aromatic heterocycles. The molecule has 0 heterocycles. The van der Waals surface area contributed by atoms with Gasteiger partial charge in [-0.25, -0.2) is 4.39 Å². The van der Waals surface area contributed by atoms with E-state index >= 15 is 0 Å². The molecule has 0 saturated carbocycles. The van der Waals surface area contributed by atoms with E-state index < -0.39 is 0 Å². The van der Waals surface area contributed by atoms with Crippen molar-refractivity contribution in [2.45, 2.75) is 38.5 Å². The molecule has 0 N–H and O–H groups in total. The fraction of sp³-hybridized carbons (Fsp3) is 0.500. The van der Waals surface area contributed by atoms with Crippen molar-refractivity contribution in [3.63, 3.8) is 0 Å². The van der Waals surface area contributed by atoms with Crippen molar-refractivity contribution >= 4 is 15.9 Å². The van der Waals surface area contributed by atoms with E-state index in [1.165, 1.54) is 15.6 Å². The normalized spacial score (nSPS) is 18.4. The van der Waals surface area contributed by atoms with Crippen LogP contribution in [0.25, 0.3) is 0 Å². The summed E-state index contributed by atoms with van der Waals surface area (Å²) in [4.78, 5) is 0. The third-order valence-corrected chi connectivity index (χ3v) is 4.45. The number of halogens is 2. The number of rotatable bonds is 0. The Morgan fingerprint density at radius 2 is 1.21 bits per heavy atom. The predicted molar refractivity (Wildman–Crippen MR) is 58.2 cm³/mol. The zero-order valence-corrected chi connectivity index (χ0v) is 9.58. The molecule has 0 atom stereocenters. The summed E-state index contributed by atoms with van der Waals surface area (Å²) in [5.74, 6) is 0.119. The Kier molecular flexibility index (Phi) is 1.94. The molecule has 1 aromatic rings. The van der Waals surface area contributed by atoms with E-state index in [4.69, 9.17) is 0 Å². The summed E-state index contributed by atoms with van der Waals surface area (Å²) in [5, 5.41) is 0. The first kappa shape index (κ1) is 8.90. The second kappa shape index (κ2) is 3.06. The molecule has 0 amide bonds. The van der Waals surface area contributed by atoms with Crippen LogP contribution < -0.4 is 0 Å². The van der Waals surface area contributed by atoms with E-state index in [9.17, 15) is 4.39 Å². The molecule has 0 radical (unpaired) electrons. The first-order chi connectivity index (χ1) is 6.79. The van der Waals surface area contributed by atoms with Gasteiger partial charge >= 0.3 is 0 Å². The second-order valence-corrected chi connectivity index (χ2v) is 5.04. The van der Waals surface area contributed by atoms with Crippen LogP contribution in [-0.4, -0.2) is 0 Å². The van der Waals surface area contributed by atoms with Crippen LogP contribution in [0.15, 0.2) is 4.47 Å². The Labute approximate surface area is 91.6 Å². The van der Waals surface area contributed by atoms with Gasteiger partial charge in [0.25, 0.3) is 0 Å². The van der Waals surface area contributed by atoms with Crippen LogP contribution >= 0.6 is 15.9 Å². The Morgan fingerprint density at radius 1 is 0.786 bits per heavy atom. The van der Waals surface area contributed by atoms with E-state index in [-0.39, 0.29) is 5.82 Å². The molecule has 0 aliphatic heterocycles. The van der Waals surface area contributed by atoms with Crippen LogP contribution in [0.4, 0.5) is 4.39 Å². The molecule has 3 rings (SSSR count). The van der Waals surface area contributed by atoms with Crippen molar-refractivity contribution in [3.05, 3.63) is 32.5 Å². The van der Waals surface area contributed by atoms with E-state index in [0.717, 1.165) is 49.7 Å². The van der Waals surface area contributed by atoms with Gasteiger partial charge in [0.05, 0.1) is 0 Å². The van der Waals surface area contributed by atoms with E-state index in [2.05, 4.69) is 15.9 Å². The lowest BCUT2D eigenvalue weighted by atomic mass is 10.0. The van der Waals surface area contributed by atoms with Crippen LogP contribution in [0, 0.1) is 5.82 Å². The molecular weight excluding hydrogens is 243 g/mol. The second-order valence-electron chi connectivity index (χ2n) is 4.25. The van der Waals surface area contributed by atoms with Crippen LogP contribution in [0.1, 0.15) is 35.1 Å². The average Bonchev–Trinajstić information content (AvgIpc) is 2.82. The molecule has 2 heteroatoms. The van der Waals surface area contributed by atoms with Gasteiger partial charge in [0.2, 0.25) is 0 Å². The molecule has 2 aliphatic rings. The van der Waals surface area contributed by atoms with Crippen molar-refractivity contribution in [1.29, 1.82) is 0 Å². The van der Waals surface area contributed by atoms with Crippen molar-refractivity contribution < 1.29 is 4.39 Å². The van der Waals surface area contributed by atoms with Gasteiger partial charge < -0.3 is 0 Å². The monoisotopic (exact) mass is 254 g/mol. The molecule has 14 heavy (non-hydrogen) atoms. The van der Waals surface area contributed by atoms with Crippen LogP contribution in [0.3, 0.4) is 0 Å². The van der Waals surface area contributed by atoms with Gasteiger partial charge in [-0.2, -0.15) is 0 Å². The zero-order valence-electron chi connectivity index (χ0n) is 8.00. The highest BCUT2D eigenvalue weighted by atomic mass is 79.9. The molecule has 0 fully saturated rings. The Bertz CT molecular complexity index is 337. The lowest BCUT2D eigenvalue weighted by Crippen LogP contribution is -1.99. The summed E-state index contributed by atoms with van der Waals surface area (Å²) in [6, 6.07) is 0. The average molecular weight is 255 g/mol. The number of benzene rings is 1. The number of hydrogen-bond acceptors (Lipinski definition) is 0. The van der Waals surface area contributed by atoms with Gasteiger partial charge in [-0.05, 0) is 60.8 Å². The summed E-state index contributed by atoms with van der Waals surface area (Å²) in [5.41, 5.74) is 4.50. The molecule has 74 valence electrons. The molecule has 0 bridgehead atoms. The molecule has 1 aromatic carbocycles. The highest BCUT2D eigenvalue weighted by Gasteiger charge is 2.27. The molecule has 0 nitrogen and oxygen atoms in total. The maximum Gasteiger partial charge on any atom is 0.130 e. The third kappa shape index (κ3) is 1.04. The highest BCUT2D eigenvalue weighted by molar-refractivity contribution is 9.10. The molecule has 0 spiro atoms. The van der Waals surface area contributed by atoms with Gasteiger partial charge in [-0.3, -0.25) is 0 Å². The smallest absolute Gasteiger partial charge is 0.130 e. The summed E-state index contributed by atoms with van der Waals surface area (Å²) in [7, 11) is 0. The minimum Gasteiger partial charge on any atom is -0.206 e. The van der Waals surface area contributed by atoms with E-state index in [1.54, 1.807) is 0 Å².